The lowest BCUT2D eigenvalue weighted by atomic mass is 10.1. The van der Waals surface area contributed by atoms with Gasteiger partial charge in [0.1, 0.15) is 6.26 Å². The van der Waals surface area contributed by atoms with Gasteiger partial charge >= 0.3 is 0 Å². The first kappa shape index (κ1) is 10.8. The molecule has 0 amide bonds. The van der Waals surface area contributed by atoms with Gasteiger partial charge in [0.15, 0.2) is 0 Å². The van der Waals surface area contributed by atoms with E-state index in [0.717, 1.165) is 16.5 Å². The highest BCUT2D eigenvalue weighted by molar-refractivity contribution is 5.91. The maximum Gasteiger partial charge on any atom is 0.231 e. The number of hydrogen-bond acceptors (Lipinski definition) is 4. The SMILES string of the molecule is CN(C)c1ncc2c(-c3ccccc3)coc2n1. The summed E-state index contributed by atoms with van der Waals surface area (Å²) in [6, 6.07) is 10.1. The third kappa shape index (κ3) is 1.72. The summed E-state index contributed by atoms with van der Waals surface area (Å²) in [4.78, 5) is 10.5. The van der Waals surface area contributed by atoms with Crippen molar-refractivity contribution in [2.75, 3.05) is 19.0 Å². The number of benzene rings is 1. The van der Waals surface area contributed by atoms with Gasteiger partial charge in [-0.15, -0.1) is 0 Å². The van der Waals surface area contributed by atoms with Crippen molar-refractivity contribution in [2.45, 2.75) is 0 Å². The van der Waals surface area contributed by atoms with Gasteiger partial charge in [-0.25, -0.2) is 4.98 Å². The molecule has 3 aromatic rings. The molecular formula is C14H13N3O. The predicted molar refractivity (Wildman–Crippen MR) is 71.6 cm³/mol. The summed E-state index contributed by atoms with van der Waals surface area (Å²) in [7, 11) is 3.81. The van der Waals surface area contributed by atoms with Gasteiger partial charge in [0.25, 0.3) is 0 Å². The van der Waals surface area contributed by atoms with Crippen LogP contribution in [0, 0.1) is 0 Å². The van der Waals surface area contributed by atoms with E-state index < -0.39 is 0 Å². The number of anilines is 1. The molecule has 0 aliphatic rings. The number of aromatic nitrogens is 2. The van der Waals surface area contributed by atoms with Crippen LogP contribution in [0.5, 0.6) is 0 Å². The molecular weight excluding hydrogens is 226 g/mol. The molecule has 1 aromatic carbocycles. The summed E-state index contributed by atoms with van der Waals surface area (Å²) < 4.78 is 5.52. The number of rotatable bonds is 2. The normalized spacial score (nSPS) is 10.8. The van der Waals surface area contributed by atoms with Crippen molar-refractivity contribution >= 4 is 17.0 Å². The Bertz CT molecular complexity index is 674. The van der Waals surface area contributed by atoms with Gasteiger partial charge < -0.3 is 9.32 Å². The Morgan fingerprint density at radius 1 is 1.11 bits per heavy atom. The van der Waals surface area contributed by atoms with Crippen molar-refractivity contribution in [2.24, 2.45) is 0 Å². The Labute approximate surface area is 105 Å². The first-order chi connectivity index (χ1) is 8.75. The van der Waals surface area contributed by atoms with Gasteiger partial charge in [0, 0.05) is 25.9 Å². The molecule has 0 saturated carbocycles. The zero-order chi connectivity index (χ0) is 12.5. The van der Waals surface area contributed by atoms with Crippen LogP contribution in [0.15, 0.2) is 47.2 Å². The van der Waals surface area contributed by atoms with Crippen molar-refractivity contribution < 1.29 is 4.42 Å². The molecule has 2 heterocycles. The highest BCUT2D eigenvalue weighted by Gasteiger charge is 2.11. The molecule has 3 rings (SSSR count). The zero-order valence-corrected chi connectivity index (χ0v) is 10.3. The molecule has 0 fully saturated rings. The quantitative estimate of drug-likeness (QED) is 0.689. The number of fused-ring (bicyclic) bond motifs is 1. The Morgan fingerprint density at radius 2 is 1.89 bits per heavy atom. The van der Waals surface area contributed by atoms with Crippen LogP contribution in [0.3, 0.4) is 0 Å². The topological polar surface area (TPSA) is 42.2 Å². The Kier molecular flexibility index (Phi) is 2.48. The average Bonchev–Trinajstić information content (AvgIpc) is 2.82. The van der Waals surface area contributed by atoms with Crippen LogP contribution < -0.4 is 4.90 Å². The molecule has 0 spiro atoms. The van der Waals surface area contributed by atoms with E-state index in [9.17, 15) is 0 Å². The van der Waals surface area contributed by atoms with Gasteiger partial charge in [-0.1, -0.05) is 30.3 Å². The zero-order valence-electron chi connectivity index (χ0n) is 10.3. The van der Waals surface area contributed by atoms with Gasteiger partial charge in [-0.2, -0.15) is 4.98 Å². The van der Waals surface area contributed by atoms with Crippen molar-refractivity contribution in [1.29, 1.82) is 0 Å². The van der Waals surface area contributed by atoms with Crippen molar-refractivity contribution in [3.05, 3.63) is 42.8 Å². The van der Waals surface area contributed by atoms with E-state index in [1.807, 2.05) is 55.5 Å². The smallest absolute Gasteiger partial charge is 0.231 e. The maximum atomic E-state index is 5.52. The number of nitrogens with zero attached hydrogens (tertiary/aromatic N) is 3. The van der Waals surface area contributed by atoms with E-state index in [1.165, 1.54) is 0 Å². The van der Waals surface area contributed by atoms with Crippen LogP contribution in [-0.4, -0.2) is 24.1 Å². The second kappa shape index (κ2) is 4.14. The molecule has 2 aromatic heterocycles. The van der Waals surface area contributed by atoms with Crippen LogP contribution in [0.2, 0.25) is 0 Å². The average molecular weight is 239 g/mol. The second-order valence-corrected chi connectivity index (χ2v) is 4.30. The van der Waals surface area contributed by atoms with E-state index in [0.29, 0.717) is 11.7 Å². The van der Waals surface area contributed by atoms with Crippen LogP contribution in [0.25, 0.3) is 22.2 Å². The summed E-state index contributed by atoms with van der Waals surface area (Å²) in [6.45, 7) is 0. The maximum absolute atomic E-state index is 5.52. The minimum Gasteiger partial charge on any atom is -0.445 e. The molecule has 0 aliphatic heterocycles. The molecule has 0 bridgehead atoms. The summed E-state index contributed by atoms with van der Waals surface area (Å²) in [5.41, 5.74) is 2.75. The number of furan rings is 1. The Balaban J connectivity index is 2.16. The van der Waals surface area contributed by atoms with Crippen LogP contribution in [0.1, 0.15) is 0 Å². The summed E-state index contributed by atoms with van der Waals surface area (Å²) in [6.07, 6.45) is 3.54. The predicted octanol–water partition coefficient (Wildman–Crippen LogP) is 2.96. The van der Waals surface area contributed by atoms with Crippen molar-refractivity contribution in [3.8, 4) is 11.1 Å². The molecule has 0 radical (unpaired) electrons. The molecule has 90 valence electrons. The first-order valence-corrected chi connectivity index (χ1v) is 5.72. The van der Waals surface area contributed by atoms with E-state index in [2.05, 4.69) is 9.97 Å². The monoisotopic (exact) mass is 239 g/mol. The first-order valence-electron chi connectivity index (χ1n) is 5.72. The third-order valence-corrected chi connectivity index (χ3v) is 2.80. The lowest BCUT2D eigenvalue weighted by Crippen LogP contribution is -2.12. The molecule has 0 aliphatic carbocycles. The molecule has 0 N–H and O–H groups in total. The van der Waals surface area contributed by atoms with Gasteiger partial charge in [-0.05, 0) is 5.56 Å². The third-order valence-electron chi connectivity index (χ3n) is 2.80. The summed E-state index contributed by atoms with van der Waals surface area (Å²) in [5.74, 6) is 0.650. The second-order valence-electron chi connectivity index (χ2n) is 4.30. The van der Waals surface area contributed by atoms with Gasteiger partial charge in [0.05, 0.1) is 5.39 Å². The van der Waals surface area contributed by atoms with Crippen LogP contribution >= 0.6 is 0 Å². The minimum absolute atomic E-state index is 0.618. The largest absolute Gasteiger partial charge is 0.445 e. The molecule has 4 nitrogen and oxygen atoms in total. The summed E-state index contributed by atoms with van der Waals surface area (Å²) >= 11 is 0. The fourth-order valence-electron chi connectivity index (χ4n) is 1.87. The lowest BCUT2D eigenvalue weighted by molar-refractivity contribution is 0.603. The van der Waals surface area contributed by atoms with E-state index in [4.69, 9.17) is 4.42 Å². The van der Waals surface area contributed by atoms with Crippen LogP contribution in [0.4, 0.5) is 5.95 Å². The van der Waals surface area contributed by atoms with E-state index in [1.54, 1.807) is 6.26 Å². The van der Waals surface area contributed by atoms with Gasteiger partial charge in [0.2, 0.25) is 11.7 Å². The molecule has 0 unspecified atom stereocenters. The van der Waals surface area contributed by atoms with Crippen molar-refractivity contribution in [1.82, 2.24) is 9.97 Å². The summed E-state index contributed by atoms with van der Waals surface area (Å²) in [5, 5.41) is 0.937. The molecule has 4 heteroatoms. The van der Waals surface area contributed by atoms with Crippen LogP contribution in [-0.2, 0) is 0 Å². The van der Waals surface area contributed by atoms with Gasteiger partial charge in [-0.3, -0.25) is 0 Å². The molecule has 0 atom stereocenters. The Morgan fingerprint density at radius 3 is 2.61 bits per heavy atom. The molecule has 18 heavy (non-hydrogen) atoms. The fourth-order valence-corrected chi connectivity index (χ4v) is 1.87. The van der Waals surface area contributed by atoms with Crippen molar-refractivity contribution in [3.63, 3.8) is 0 Å². The molecule has 0 saturated heterocycles. The lowest BCUT2D eigenvalue weighted by Gasteiger charge is -2.08. The van der Waals surface area contributed by atoms with E-state index >= 15 is 0 Å². The highest BCUT2D eigenvalue weighted by Crippen LogP contribution is 2.29. The number of hydrogen-bond donors (Lipinski definition) is 0. The Hall–Kier alpha value is -2.36. The fraction of sp³-hybridized carbons (Fsp3) is 0.143. The highest BCUT2D eigenvalue weighted by atomic mass is 16.3. The minimum atomic E-state index is 0.618. The standard InChI is InChI=1S/C14H13N3O/c1-17(2)14-15-8-11-12(9-18-13(11)16-14)10-6-4-3-5-7-10/h3-9H,1-2H3. The van der Waals surface area contributed by atoms with E-state index in [-0.39, 0.29) is 0 Å².